The first-order valence-electron chi connectivity index (χ1n) is 9.31. The Hall–Kier alpha value is -0.530. The van der Waals surface area contributed by atoms with Gasteiger partial charge in [0.15, 0.2) is 0 Å². The van der Waals surface area contributed by atoms with Crippen LogP contribution in [0.15, 0.2) is 5.16 Å². The van der Waals surface area contributed by atoms with Crippen molar-refractivity contribution in [1.82, 2.24) is 0 Å². The van der Waals surface area contributed by atoms with E-state index in [0.29, 0.717) is 5.41 Å². The summed E-state index contributed by atoms with van der Waals surface area (Å²) in [7, 11) is 0. The minimum Gasteiger partial charge on any atom is -0.411 e. The smallest absolute Gasteiger partial charge is 0.0632 e. The van der Waals surface area contributed by atoms with Gasteiger partial charge >= 0.3 is 0 Å². The third-order valence-corrected chi connectivity index (χ3v) is 8.44. The van der Waals surface area contributed by atoms with Crippen LogP contribution < -0.4 is 0 Å². The Bertz CT molecular complexity index is 458. The van der Waals surface area contributed by atoms with Gasteiger partial charge in [0, 0.05) is 5.41 Å². The molecule has 0 spiro atoms. The molecule has 0 amide bonds. The van der Waals surface area contributed by atoms with E-state index in [1.807, 2.05) is 0 Å². The molecule has 0 aromatic carbocycles. The summed E-state index contributed by atoms with van der Waals surface area (Å²) in [5.74, 6) is 3.65. The largest absolute Gasteiger partial charge is 0.411 e. The van der Waals surface area contributed by atoms with Crippen molar-refractivity contribution in [1.29, 1.82) is 0 Å². The Morgan fingerprint density at radius 3 is 2.62 bits per heavy atom. The molecular weight excluding hydrogens is 258 g/mol. The highest BCUT2D eigenvalue weighted by Gasteiger charge is 2.59. The number of fused-ring (bicyclic) bond motifs is 5. The molecule has 4 fully saturated rings. The topological polar surface area (TPSA) is 32.6 Å². The SMILES string of the molecule is C[C@]12CCCC[C@H]1CC[C@@H]1[C@@H]2CC[C@]2(C)/C(=N/O)CC[C@@H]12. The first kappa shape index (κ1) is 14.1. The van der Waals surface area contributed by atoms with Crippen molar-refractivity contribution < 1.29 is 5.21 Å². The van der Waals surface area contributed by atoms with Crippen LogP contribution in [0.4, 0.5) is 0 Å². The van der Waals surface area contributed by atoms with Crippen LogP contribution in [0.2, 0.25) is 0 Å². The lowest BCUT2D eigenvalue weighted by Gasteiger charge is -2.59. The number of hydrogen-bond donors (Lipinski definition) is 1. The molecule has 0 aromatic rings. The van der Waals surface area contributed by atoms with Crippen molar-refractivity contribution in [3.05, 3.63) is 0 Å². The minimum atomic E-state index is 0.216. The first-order chi connectivity index (χ1) is 10.1. The maximum Gasteiger partial charge on any atom is 0.0632 e. The van der Waals surface area contributed by atoms with E-state index in [4.69, 9.17) is 0 Å². The fourth-order valence-corrected chi connectivity index (χ4v) is 7.25. The molecule has 0 unspecified atom stereocenters. The summed E-state index contributed by atoms with van der Waals surface area (Å²) >= 11 is 0. The average Bonchev–Trinajstić information content (AvgIpc) is 2.83. The zero-order valence-corrected chi connectivity index (χ0v) is 13.8. The molecule has 6 atom stereocenters. The lowest BCUT2D eigenvalue weighted by molar-refractivity contribution is -0.0938. The summed E-state index contributed by atoms with van der Waals surface area (Å²) in [5, 5.41) is 13.1. The van der Waals surface area contributed by atoms with Gasteiger partial charge in [0.05, 0.1) is 5.71 Å². The Morgan fingerprint density at radius 1 is 0.952 bits per heavy atom. The van der Waals surface area contributed by atoms with Crippen molar-refractivity contribution in [2.24, 2.45) is 39.7 Å². The van der Waals surface area contributed by atoms with Gasteiger partial charge in [-0.1, -0.05) is 31.8 Å². The summed E-state index contributed by atoms with van der Waals surface area (Å²) in [6.07, 6.45) is 13.8. The second-order valence-corrected chi connectivity index (χ2v) is 8.94. The quantitative estimate of drug-likeness (QED) is 0.479. The molecule has 0 radical (unpaired) electrons. The van der Waals surface area contributed by atoms with Crippen molar-refractivity contribution in [3.8, 4) is 0 Å². The predicted octanol–water partition coefficient (Wildman–Crippen LogP) is 5.25. The van der Waals surface area contributed by atoms with Gasteiger partial charge < -0.3 is 5.21 Å². The molecule has 4 rings (SSSR count). The van der Waals surface area contributed by atoms with E-state index < -0.39 is 0 Å². The summed E-state index contributed by atoms with van der Waals surface area (Å²) in [6, 6.07) is 0. The summed E-state index contributed by atoms with van der Waals surface area (Å²) in [5.41, 5.74) is 1.96. The van der Waals surface area contributed by atoms with Crippen LogP contribution in [0.5, 0.6) is 0 Å². The first-order valence-corrected chi connectivity index (χ1v) is 9.31. The molecule has 0 aromatic heterocycles. The molecule has 0 saturated heterocycles. The van der Waals surface area contributed by atoms with Gasteiger partial charge in [-0.05, 0) is 80.5 Å². The Kier molecular flexibility index (Phi) is 3.17. The third-order valence-electron chi connectivity index (χ3n) is 8.44. The number of nitrogens with zero attached hydrogens (tertiary/aromatic N) is 1. The molecule has 0 heterocycles. The van der Waals surface area contributed by atoms with E-state index in [1.54, 1.807) is 0 Å². The third kappa shape index (κ3) is 1.80. The lowest BCUT2D eigenvalue weighted by atomic mass is 9.45. The standard InChI is InChI=1S/C19H31NO/c1-18-11-4-3-5-13(18)6-7-14-15-8-9-17(20-21)19(15,2)12-10-16(14)18/h13-16,21H,3-12H2,1-2H3/b20-17+/t13-,14-,15-,16-,18-,19-/m0/s1. The van der Waals surface area contributed by atoms with Crippen molar-refractivity contribution in [2.75, 3.05) is 0 Å². The maximum absolute atomic E-state index is 9.39. The second kappa shape index (κ2) is 4.73. The summed E-state index contributed by atoms with van der Waals surface area (Å²) < 4.78 is 0. The highest BCUT2D eigenvalue weighted by atomic mass is 16.4. The predicted molar refractivity (Wildman–Crippen MR) is 85.6 cm³/mol. The second-order valence-electron chi connectivity index (χ2n) is 8.94. The van der Waals surface area contributed by atoms with Crippen molar-refractivity contribution >= 4 is 5.71 Å². The number of hydrogen-bond acceptors (Lipinski definition) is 2. The molecule has 21 heavy (non-hydrogen) atoms. The van der Waals surface area contributed by atoms with Gasteiger partial charge in [-0.3, -0.25) is 0 Å². The molecule has 4 aliphatic rings. The Balaban J connectivity index is 1.66. The molecular formula is C19H31NO. The van der Waals surface area contributed by atoms with Gasteiger partial charge in [0.1, 0.15) is 0 Å². The zero-order chi connectivity index (χ0) is 14.7. The average molecular weight is 289 g/mol. The summed E-state index contributed by atoms with van der Waals surface area (Å²) in [6.45, 7) is 5.03. The summed E-state index contributed by atoms with van der Waals surface area (Å²) in [4.78, 5) is 0. The van der Waals surface area contributed by atoms with Crippen LogP contribution in [0.1, 0.15) is 78.1 Å². The minimum absolute atomic E-state index is 0.216. The number of oxime groups is 1. The lowest BCUT2D eigenvalue weighted by Crippen LogP contribution is -2.52. The van der Waals surface area contributed by atoms with Gasteiger partial charge in [0.2, 0.25) is 0 Å². The van der Waals surface area contributed by atoms with E-state index in [9.17, 15) is 5.21 Å². The van der Waals surface area contributed by atoms with Gasteiger partial charge in [0.25, 0.3) is 0 Å². The molecule has 4 aliphatic carbocycles. The van der Waals surface area contributed by atoms with E-state index in [0.717, 1.165) is 35.8 Å². The van der Waals surface area contributed by atoms with E-state index in [2.05, 4.69) is 19.0 Å². The molecule has 2 nitrogen and oxygen atoms in total. The highest BCUT2D eigenvalue weighted by Crippen LogP contribution is 2.65. The van der Waals surface area contributed by atoms with E-state index in [-0.39, 0.29) is 5.41 Å². The maximum atomic E-state index is 9.39. The Labute approximate surface area is 129 Å². The van der Waals surface area contributed by atoms with Crippen LogP contribution >= 0.6 is 0 Å². The van der Waals surface area contributed by atoms with Crippen LogP contribution in [0.25, 0.3) is 0 Å². The van der Waals surface area contributed by atoms with Gasteiger partial charge in [-0.25, -0.2) is 0 Å². The van der Waals surface area contributed by atoms with Gasteiger partial charge in [-0.15, -0.1) is 0 Å². The number of rotatable bonds is 0. The molecule has 2 heteroatoms. The van der Waals surface area contributed by atoms with Crippen molar-refractivity contribution in [3.63, 3.8) is 0 Å². The van der Waals surface area contributed by atoms with Crippen LogP contribution in [-0.4, -0.2) is 10.9 Å². The Morgan fingerprint density at radius 2 is 1.81 bits per heavy atom. The van der Waals surface area contributed by atoms with E-state index in [1.165, 1.54) is 57.8 Å². The molecule has 0 aliphatic heterocycles. The molecule has 4 saturated carbocycles. The normalized spacial score (nSPS) is 54.9. The fourth-order valence-electron chi connectivity index (χ4n) is 7.25. The van der Waals surface area contributed by atoms with Crippen LogP contribution in [-0.2, 0) is 0 Å². The monoisotopic (exact) mass is 289 g/mol. The van der Waals surface area contributed by atoms with Crippen LogP contribution in [0, 0.1) is 34.5 Å². The molecule has 0 bridgehead atoms. The zero-order valence-electron chi connectivity index (χ0n) is 13.8. The van der Waals surface area contributed by atoms with Gasteiger partial charge in [-0.2, -0.15) is 0 Å². The van der Waals surface area contributed by atoms with Crippen molar-refractivity contribution in [2.45, 2.75) is 78.1 Å². The fraction of sp³-hybridized carbons (Fsp3) is 0.947. The highest BCUT2D eigenvalue weighted by molar-refractivity contribution is 5.91. The molecule has 118 valence electrons. The molecule has 1 N–H and O–H groups in total. The van der Waals surface area contributed by atoms with Crippen LogP contribution in [0.3, 0.4) is 0 Å². The van der Waals surface area contributed by atoms with E-state index >= 15 is 0 Å².